The van der Waals surface area contributed by atoms with E-state index in [4.69, 9.17) is 0 Å². The monoisotopic (exact) mass is 310 g/mol. The number of nitrogens with one attached hydrogen (secondary N) is 1. The van der Waals surface area contributed by atoms with Gasteiger partial charge in [0.05, 0.1) is 16.8 Å². The van der Waals surface area contributed by atoms with Crippen molar-refractivity contribution in [1.29, 1.82) is 0 Å². The average molecular weight is 310 g/mol. The highest BCUT2D eigenvalue weighted by Gasteiger charge is 2.13. The van der Waals surface area contributed by atoms with Gasteiger partial charge in [-0.25, -0.2) is 8.42 Å². The Kier molecular flexibility index (Phi) is 3.89. The van der Waals surface area contributed by atoms with Gasteiger partial charge >= 0.3 is 0 Å². The van der Waals surface area contributed by atoms with Gasteiger partial charge in [-0.15, -0.1) is 0 Å². The lowest BCUT2D eigenvalue weighted by atomic mass is 10.1. The Hall–Kier alpha value is -2.66. The van der Waals surface area contributed by atoms with Gasteiger partial charge in [-0.3, -0.25) is 9.71 Å². The molecule has 0 radical (unpaired) electrons. The van der Waals surface area contributed by atoms with Gasteiger partial charge in [0, 0.05) is 11.8 Å². The minimum atomic E-state index is -3.60. The molecule has 110 valence electrons. The van der Waals surface area contributed by atoms with Crippen LogP contribution in [0.1, 0.15) is 0 Å². The quantitative estimate of drug-likeness (QED) is 0.801. The lowest BCUT2D eigenvalue weighted by Crippen LogP contribution is -2.12. The Labute approximate surface area is 129 Å². The van der Waals surface area contributed by atoms with Crippen molar-refractivity contribution in [2.24, 2.45) is 0 Å². The zero-order chi connectivity index (χ0) is 15.4. The molecule has 1 heterocycles. The van der Waals surface area contributed by atoms with E-state index in [2.05, 4.69) is 9.71 Å². The first-order chi connectivity index (χ1) is 10.6. The van der Waals surface area contributed by atoms with E-state index in [1.54, 1.807) is 42.6 Å². The predicted octanol–water partition coefficient (Wildman–Crippen LogP) is 3.55. The van der Waals surface area contributed by atoms with Crippen molar-refractivity contribution >= 4 is 15.7 Å². The van der Waals surface area contributed by atoms with Crippen LogP contribution in [0.15, 0.2) is 84.0 Å². The summed E-state index contributed by atoms with van der Waals surface area (Å²) in [4.78, 5) is 4.33. The SMILES string of the molecule is O=S(=O)(Nc1cncc(-c2ccccc2)c1)c1ccccc1. The zero-order valence-corrected chi connectivity index (χ0v) is 12.5. The second-order valence-corrected chi connectivity index (χ2v) is 6.43. The van der Waals surface area contributed by atoms with Crippen LogP contribution < -0.4 is 4.72 Å². The first-order valence-electron chi connectivity index (χ1n) is 6.73. The highest BCUT2D eigenvalue weighted by atomic mass is 32.2. The third-order valence-electron chi connectivity index (χ3n) is 3.15. The molecule has 5 heteroatoms. The standard InChI is InChI=1S/C17H14N2O2S/c20-22(21,17-9-5-2-6-10-17)19-16-11-15(12-18-13-16)14-7-3-1-4-8-14/h1-13,19H. The molecule has 1 aromatic heterocycles. The van der Waals surface area contributed by atoms with Gasteiger partial charge in [0.25, 0.3) is 10.0 Å². The van der Waals surface area contributed by atoms with Crippen LogP contribution in [0.4, 0.5) is 5.69 Å². The van der Waals surface area contributed by atoms with Crippen LogP contribution in [0.3, 0.4) is 0 Å². The van der Waals surface area contributed by atoms with Gasteiger partial charge in [-0.1, -0.05) is 48.5 Å². The van der Waals surface area contributed by atoms with Crippen LogP contribution in [-0.4, -0.2) is 13.4 Å². The van der Waals surface area contributed by atoms with Crippen LogP contribution in [0.5, 0.6) is 0 Å². The molecule has 0 fully saturated rings. The van der Waals surface area contributed by atoms with E-state index in [1.165, 1.54) is 6.20 Å². The largest absolute Gasteiger partial charge is 0.278 e. The van der Waals surface area contributed by atoms with Gasteiger partial charge in [0.2, 0.25) is 0 Å². The average Bonchev–Trinajstić information content (AvgIpc) is 2.56. The number of rotatable bonds is 4. The number of benzene rings is 2. The molecule has 4 nitrogen and oxygen atoms in total. The molecule has 0 atom stereocenters. The fraction of sp³-hybridized carbons (Fsp3) is 0. The number of aromatic nitrogens is 1. The Balaban J connectivity index is 1.91. The lowest BCUT2D eigenvalue weighted by Gasteiger charge is -2.09. The third-order valence-corrected chi connectivity index (χ3v) is 4.55. The molecule has 0 unspecified atom stereocenters. The number of hydrogen-bond donors (Lipinski definition) is 1. The van der Waals surface area contributed by atoms with E-state index in [-0.39, 0.29) is 4.90 Å². The van der Waals surface area contributed by atoms with Crippen molar-refractivity contribution in [1.82, 2.24) is 4.98 Å². The maximum absolute atomic E-state index is 12.3. The van der Waals surface area contributed by atoms with Crippen molar-refractivity contribution in [2.75, 3.05) is 4.72 Å². The Morgan fingerprint density at radius 3 is 2.09 bits per heavy atom. The highest BCUT2D eigenvalue weighted by molar-refractivity contribution is 7.92. The molecule has 1 N–H and O–H groups in total. The molecule has 0 aliphatic heterocycles. The molecule has 0 aliphatic rings. The highest BCUT2D eigenvalue weighted by Crippen LogP contribution is 2.22. The molecule has 0 saturated carbocycles. The molecule has 0 aliphatic carbocycles. The van der Waals surface area contributed by atoms with Crippen molar-refractivity contribution in [3.63, 3.8) is 0 Å². The van der Waals surface area contributed by atoms with E-state index in [9.17, 15) is 8.42 Å². The molecular weight excluding hydrogens is 296 g/mol. The van der Waals surface area contributed by atoms with Crippen molar-refractivity contribution < 1.29 is 8.42 Å². The maximum Gasteiger partial charge on any atom is 0.261 e. The molecule has 3 aromatic rings. The first kappa shape index (κ1) is 14.3. The molecule has 0 amide bonds. The summed E-state index contributed by atoms with van der Waals surface area (Å²) in [5.41, 5.74) is 2.27. The predicted molar refractivity (Wildman–Crippen MR) is 86.9 cm³/mol. The van der Waals surface area contributed by atoms with Crippen molar-refractivity contribution in [3.8, 4) is 11.1 Å². The van der Waals surface area contributed by atoms with E-state index in [0.29, 0.717) is 5.69 Å². The lowest BCUT2D eigenvalue weighted by molar-refractivity contribution is 0.601. The van der Waals surface area contributed by atoms with Gasteiger partial charge in [0.15, 0.2) is 0 Å². The summed E-state index contributed by atoms with van der Waals surface area (Å²) in [5.74, 6) is 0. The summed E-state index contributed by atoms with van der Waals surface area (Å²) in [6.07, 6.45) is 3.20. The number of sulfonamides is 1. The van der Waals surface area contributed by atoms with Crippen LogP contribution in [0, 0.1) is 0 Å². The summed E-state index contributed by atoms with van der Waals surface area (Å²) < 4.78 is 27.2. The Morgan fingerprint density at radius 1 is 0.773 bits per heavy atom. The summed E-state index contributed by atoms with van der Waals surface area (Å²) in [7, 11) is -3.60. The third kappa shape index (κ3) is 3.15. The fourth-order valence-corrected chi connectivity index (χ4v) is 3.15. The van der Waals surface area contributed by atoms with Gasteiger partial charge in [-0.05, 0) is 23.8 Å². The Bertz CT molecular complexity index is 863. The second-order valence-electron chi connectivity index (χ2n) is 4.75. The summed E-state index contributed by atoms with van der Waals surface area (Å²) >= 11 is 0. The van der Waals surface area contributed by atoms with Crippen LogP contribution in [0.2, 0.25) is 0 Å². The van der Waals surface area contributed by atoms with Gasteiger partial charge in [0.1, 0.15) is 0 Å². The minimum Gasteiger partial charge on any atom is -0.278 e. The molecule has 3 rings (SSSR count). The minimum absolute atomic E-state index is 0.222. The van der Waals surface area contributed by atoms with Gasteiger partial charge < -0.3 is 0 Å². The number of hydrogen-bond acceptors (Lipinski definition) is 3. The van der Waals surface area contributed by atoms with E-state index in [1.807, 2.05) is 30.3 Å². The summed E-state index contributed by atoms with van der Waals surface area (Å²) in [6.45, 7) is 0. The molecule has 22 heavy (non-hydrogen) atoms. The molecule has 0 saturated heterocycles. The van der Waals surface area contributed by atoms with E-state index >= 15 is 0 Å². The van der Waals surface area contributed by atoms with Crippen LogP contribution >= 0.6 is 0 Å². The summed E-state index contributed by atoms with van der Waals surface area (Å²) in [6, 6.07) is 19.7. The first-order valence-corrected chi connectivity index (χ1v) is 8.22. The molecular formula is C17H14N2O2S. The second kappa shape index (κ2) is 5.99. The maximum atomic E-state index is 12.3. The van der Waals surface area contributed by atoms with Crippen molar-refractivity contribution in [3.05, 3.63) is 79.1 Å². The molecule has 0 bridgehead atoms. The molecule has 0 spiro atoms. The number of pyridine rings is 1. The molecule has 2 aromatic carbocycles. The number of anilines is 1. The normalized spacial score (nSPS) is 11.1. The Morgan fingerprint density at radius 2 is 1.41 bits per heavy atom. The van der Waals surface area contributed by atoms with Crippen LogP contribution in [0.25, 0.3) is 11.1 Å². The van der Waals surface area contributed by atoms with Gasteiger partial charge in [-0.2, -0.15) is 0 Å². The smallest absolute Gasteiger partial charge is 0.261 e. The zero-order valence-electron chi connectivity index (χ0n) is 11.7. The topological polar surface area (TPSA) is 59.1 Å². The fourth-order valence-electron chi connectivity index (χ4n) is 2.10. The summed E-state index contributed by atoms with van der Waals surface area (Å²) in [5, 5.41) is 0. The van der Waals surface area contributed by atoms with Crippen LogP contribution in [-0.2, 0) is 10.0 Å². The van der Waals surface area contributed by atoms with E-state index in [0.717, 1.165) is 11.1 Å². The van der Waals surface area contributed by atoms with E-state index < -0.39 is 10.0 Å². The van der Waals surface area contributed by atoms with Crippen molar-refractivity contribution in [2.45, 2.75) is 4.90 Å². The number of nitrogens with zero attached hydrogens (tertiary/aromatic N) is 1.